The molecule has 2 bridgehead atoms. The van der Waals surface area contributed by atoms with Crippen molar-refractivity contribution in [3.05, 3.63) is 76.5 Å². The van der Waals surface area contributed by atoms with Gasteiger partial charge in [0, 0.05) is 23.3 Å². The number of piperidine rings is 3. The van der Waals surface area contributed by atoms with Gasteiger partial charge in [-0.1, -0.05) is 35.5 Å². The summed E-state index contributed by atoms with van der Waals surface area (Å²) in [5, 5.41) is 24.9. The number of aromatic amines is 1. The van der Waals surface area contributed by atoms with E-state index in [0.717, 1.165) is 61.5 Å². The maximum Gasteiger partial charge on any atom is 0.271 e. The molecule has 3 saturated heterocycles. The Morgan fingerprint density at radius 2 is 1.84 bits per heavy atom. The van der Waals surface area contributed by atoms with Crippen LogP contribution in [0.1, 0.15) is 56.6 Å². The van der Waals surface area contributed by atoms with Gasteiger partial charge in [-0.25, -0.2) is 4.98 Å². The minimum Gasteiger partial charge on any atom is -0.394 e. The monoisotopic (exact) mass is 581 g/mol. The minimum absolute atomic E-state index is 0.0577. The number of hydrogen-bond donors (Lipinski definition) is 4. The van der Waals surface area contributed by atoms with Crippen LogP contribution in [0.2, 0.25) is 0 Å². The van der Waals surface area contributed by atoms with Crippen molar-refractivity contribution in [2.45, 2.75) is 50.6 Å². The highest BCUT2D eigenvalue weighted by Crippen LogP contribution is 2.42. The Labute approximate surface area is 248 Å². The Kier molecular flexibility index (Phi) is 6.94. The summed E-state index contributed by atoms with van der Waals surface area (Å²) >= 11 is 0. The standard InChI is InChI=1S/C31H35N9O3/c1-19(2)40-25-16-21(8-9-22(25)27(42)37-40)33-30-32-17-23(26(35-30)34-24(18-41)20-6-4-3-5-7-20)28-36-29(38-43-28)31-10-13-39(14-11-31)15-12-31/h3-9,16-17,19,24,41H,10-15,18H2,1-2H3,(H,37,42)(H2,32,33,34,35)/t24-/m1/s1. The average Bonchev–Trinajstić information content (AvgIpc) is 3.67. The lowest BCUT2D eigenvalue weighted by molar-refractivity contribution is 0.0747. The number of aliphatic hydroxyl groups is 1. The van der Waals surface area contributed by atoms with Crippen LogP contribution in [0.3, 0.4) is 0 Å². The summed E-state index contributed by atoms with van der Waals surface area (Å²) in [5.74, 6) is 1.87. The van der Waals surface area contributed by atoms with Crippen LogP contribution >= 0.6 is 0 Å². The molecule has 0 radical (unpaired) electrons. The Bertz CT molecular complexity index is 1790. The number of benzene rings is 2. The molecule has 12 heteroatoms. The smallest absolute Gasteiger partial charge is 0.271 e. The highest BCUT2D eigenvalue weighted by molar-refractivity contribution is 5.83. The Hall–Kier alpha value is -4.55. The van der Waals surface area contributed by atoms with Gasteiger partial charge >= 0.3 is 0 Å². The van der Waals surface area contributed by atoms with Crippen molar-refractivity contribution in [1.82, 2.24) is 34.8 Å². The number of H-pyrrole nitrogens is 1. The first-order chi connectivity index (χ1) is 20.9. The number of anilines is 3. The zero-order valence-electron chi connectivity index (χ0n) is 24.2. The molecule has 5 aromatic rings. The van der Waals surface area contributed by atoms with Crippen LogP contribution in [0.5, 0.6) is 0 Å². The molecule has 222 valence electrons. The van der Waals surface area contributed by atoms with Crippen LogP contribution in [-0.4, -0.2) is 66.1 Å². The number of aliphatic hydroxyl groups excluding tert-OH is 1. The van der Waals surface area contributed by atoms with Crippen LogP contribution in [0.25, 0.3) is 22.4 Å². The third kappa shape index (κ3) is 5.06. The van der Waals surface area contributed by atoms with Crippen molar-refractivity contribution in [1.29, 1.82) is 0 Å². The molecule has 0 amide bonds. The maximum absolute atomic E-state index is 12.4. The second kappa shape index (κ2) is 10.9. The molecule has 6 heterocycles. The van der Waals surface area contributed by atoms with E-state index in [-0.39, 0.29) is 23.6 Å². The van der Waals surface area contributed by atoms with Crippen LogP contribution < -0.4 is 16.2 Å². The van der Waals surface area contributed by atoms with E-state index in [4.69, 9.17) is 14.5 Å². The third-order valence-corrected chi connectivity index (χ3v) is 8.83. The van der Waals surface area contributed by atoms with Gasteiger partial charge in [-0.3, -0.25) is 14.6 Å². The molecule has 12 nitrogen and oxygen atoms in total. The SMILES string of the molecule is CC(C)n1[nH]c(=O)c2ccc(Nc3ncc(-c4nc(C56CCN(CC5)CC6)no4)c(N[C@H](CO)c4ccccc4)n3)cc21. The van der Waals surface area contributed by atoms with Crippen LogP contribution in [0.15, 0.2) is 64.0 Å². The van der Waals surface area contributed by atoms with Gasteiger partial charge in [0.2, 0.25) is 5.95 Å². The molecule has 8 rings (SSSR count). The molecule has 0 saturated carbocycles. The molecule has 0 spiro atoms. The van der Waals surface area contributed by atoms with Crippen molar-refractivity contribution < 1.29 is 9.63 Å². The van der Waals surface area contributed by atoms with Crippen molar-refractivity contribution in [2.75, 3.05) is 36.9 Å². The molecule has 43 heavy (non-hydrogen) atoms. The quantitative estimate of drug-likeness (QED) is 0.198. The van der Waals surface area contributed by atoms with E-state index in [2.05, 4.69) is 30.8 Å². The predicted molar refractivity (Wildman–Crippen MR) is 163 cm³/mol. The number of nitrogens with one attached hydrogen (secondary N) is 3. The van der Waals surface area contributed by atoms with Crippen molar-refractivity contribution in [2.24, 2.45) is 0 Å². The van der Waals surface area contributed by atoms with Gasteiger partial charge in [-0.05, 0) is 76.5 Å². The number of nitrogens with zero attached hydrogens (tertiary/aromatic N) is 6. The van der Waals surface area contributed by atoms with Gasteiger partial charge in [0.1, 0.15) is 11.4 Å². The normalized spacial score (nSPS) is 20.5. The molecule has 0 unspecified atom stereocenters. The molecule has 0 aliphatic carbocycles. The van der Waals surface area contributed by atoms with Crippen LogP contribution in [0, 0.1) is 0 Å². The lowest BCUT2D eigenvalue weighted by Gasteiger charge is -2.46. The highest BCUT2D eigenvalue weighted by Gasteiger charge is 2.44. The zero-order valence-corrected chi connectivity index (χ0v) is 24.2. The topological polar surface area (TPSA) is 150 Å². The minimum atomic E-state index is -0.428. The van der Waals surface area contributed by atoms with Crippen molar-refractivity contribution >= 4 is 28.4 Å². The van der Waals surface area contributed by atoms with Gasteiger partial charge in [-0.2, -0.15) is 9.97 Å². The first-order valence-electron chi connectivity index (χ1n) is 14.8. The number of hydrogen-bond acceptors (Lipinski definition) is 10. The number of aromatic nitrogens is 6. The Morgan fingerprint density at radius 3 is 2.56 bits per heavy atom. The van der Waals surface area contributed by atoms with E-state index < -0.39 is 6.04 Å². The number of rotatable bonds is 9. The van der Waals surface area contributed by atoms with Gasteiger partial charge in [-0.15, -0.1) is 0 Å². The van der Waals surface area contributed by atoms with E-state index in [1.165, 1.54) is 0 Å². The molecule has 1 atom stereocenters. The van der Waals surface area contributed by atoms with E-state index in [1.807, 2.05) is 61.0 Å². The van der Waals surface area contributed by atoms with E-state index >= 15 is 0 Å². The molecule has 3 aliphatic rings. The van der Waals surface area contributed by atoms with E-state index in [0.29, 0.717) is 28.6 Å². The lowest BCUT2D eigenvalue weighted by Crippen LogP contribution is -2.51. The van der Waals surface area contributed by atoms with E-state index in [9.17, 15) is 9.90 Å². The fourth-order valence-corrected chi connectivity index (χ4v) is 6.27. The Balaban J connectivity index is 1.25. The third-order valence-electron chi connectivity index (χ3n) is 8.83. The predicted octanol–water partition coefficient (Wildman–Crippen LogP) is 4.38. The fraction of sp³-hybridized carbons (Fsp3) is 0.387. The Morgan fingerprint density at radius 1 is 1.07 bits per heavy atom. The van der Waals surface area contributed by atoms with Gasteiger partial charge in [0.05, 0.1) is 23.6 Å². The summed E-state index contributed by atoms with van der Waals surface area (Å²) in [4.78, 5) is 29.2. The molecule has 3 aromatic heterocycles. The summed E-state index contributed by atoms with van der Waals surface area (Å²) in [6.45, 7) is 7.03. The number of fused-ring (bicyclic) bond motifs is 4. The van der Waals surface area contributed by atoms with E-state index in [1.54, 1.807) is 12.3 Å². The highest BCUT2D eigenvalue weighted by atomic mass is 16.5. The second-order valence-electron chi connectivity index (χ2n) is 11.8. The fourth-order valence-electron chi connectivity index (χ4n) is 6.27. The summed E-state index contributed by atoms with van der Waals surface area (Å²) in [5.41, 5.74) is 2.79. The molecular formula is C31H35N9O3. The largest absolute Gasteiger partial charge is 0.394 e. The van der Waals surface area contributed by atoms with Gasteiger partial charge in [0.15, 0.2) is 5.82 Å². The van der Waals surface area contributed by atoms with Gasteiger partial charge in [0.25, 0.3) is 11.4 Å². The first kappa shape index (κ1) is 27.3. The molecular weight excluding hydrogens is 546 g/mol. The molecule has 2 aromatic carbocycles. The molecule has 3 aliphatic heterocycles. The second-order valence-corrected chi connectivity index (χ2v) is 11.8. The average molecular weight is 582 g/mol. The summed E-state index contributed by atoms with van der Waals surface area (Å²) in [6.07, 6.45) is 4.72. The zero-order chi connectivity index (χ0) is 29.6. The summed E-state index contributed by atoms with van der Waals surface area (Å²) in [7, 11) is 0. The van der Waals surface area contributed by atoms with Crippen molar-refractivity contribution in [3.8, 4) is 11.5 Å². The lowest BCUT2D eigenvalue weighted by atomic mass is 9.71. The summed E-state index contributed by atoms with van der Waals surface area (Å²) < 4.78 is 7.68. The molecule has 4 N–H and O–H groups in total. The first-order valence-corrected chi connectivity index (χ1v) is 14.8. The van der Waals surface area contributed by atoms with Crippen molar-refractivity contribution in [3.63, 3.8) is 0 Å². The maximum atomic E-state index is 12.4. The van der Waals surface area contributed by atoms with Crippen LogP contribution in [-0.2, 0) is 5.41 Å². The van der Waals surface area contributed by atoms with Crippen LogP contribution in [0.4, 0.5) is 17.5 Å². The summed E-state index contributed by atoms with van der Waals surface area (Å²) in [6, 6.07) is 14.9. The molecule has 3 fully saturated rings. The van der Waals surface area contributed by atoms with Gasteiger partial charge < -0.3 is 25.2 Å².